The predicted octanol–water partition coefficient (Wildman–Crippen LogP) is 5.22. The highest BCUT2D eigenvalue weighted by Crippen LogP contribution is 2.25. The van der Waals surface area contributed by atoms with Crippen molar-refractivity contribution in [3.63, 3.8) is 0 Å². The van der Waals surface area contributed by atoms with Crippen molar-refractivity contribution in [1.29, 1.82) is 0 Å². The summed E-state index contributed by atoms with van der Waals surface area (Å²) in [5.41, 5.74) is 3.96. The van der Waals surface area contributed by atoms with Crippen molar-refractivity contribution in [3.8, 4) is 0 Å². The van der Waals surface area contributed by atoms with Gasteiger partial charge in [-0.1, -0.05) is 32.9 Å². The number of nitrogens with zero attached hydrogens (tertiary/aromatic N) is 2. The van der Waals surface area contributed by atoms with E-state index in [2.05, 4.69) is 71.0 Å². The monoisotopic (exact) mass is 375 g/mol. The molecule has 1 aromatic heterocycles. The molecule has 28 heavy (non-hydrogen) atoms. The van der Waals surface area contributed by atoms with E-state index in [1.807, 2.05) is 30.3 Å². The Bertz CT molecular complexity index is 944. The van der Waals surface area contributed by atoms with E-state index < -0.39 is 0 Å². The summed E-state index contributed by atoms with van der Waals surface area (Å²) >= 11 is 0. The van der Waals surface area contributed by atoms with Crippen LogP contribution in [0.4, 0.5) is 28.8 Å². The Hall–Kier alpha value is -3.41. The van der Waals surface area contributed by atoms with E-state index in [1.165, 1.54) is 12.5 Å². The molecule has 0 atom stereocenters. The van der Waals surface area contributed by atoms with Crippen LogP contribution in [0.3, 0.4) is 0 Å². The molecule has 1 heterocycles. The maximum atomic E-state index is 11.1. The third kappa shape index (κ3) is 5.30. The highest BCUT2D eigenvalue weighted by Gasteiger charge is 2.12. The van der Waals surface area contributed by atoms with Crippen LogP contribution in [0.5, 0.6) is 0 Å². The Kier molecular flexibility index (Phi) is 5.59. The fraction of sp³-hybridized carbons (Fsp3) is 0.227. The molecule has 3 N–H and O–H groups in total. The lowest BCUT2D eigenvalue weighted by Crippen LogP contribution is -2.10. The van der Waals surface area contributed by atoms with Crippen molar-refractivity contribution in [2.45, 2.75) is 33.1 Å². The lowest BCUT2D eigenvalue weighted by molar-refractivity contribution is -0.114. The number of carbonyl (C=O) groups excluding carboxylic acids is 1. The van der Waals surface area contributed by atoms with Crippen molar-refractivity contribution in [1.82, 2.24) is 9.97 Å². The molecule has 0 bridgehead atoms. The Balaban J connectivity index is 1.67. The zero-order chi connectivity index (χ0) is 20.1. The van der Waals surface area contributed by atoms with Crippen LogP contribution in [0.1, 0.15) is 33.3 Å². The van der Waals surface area contributed by atoms with Crippen molar-refractivity contribution in [3.05, 3.63) is 66.4 Å². The molecule has 0 unspecified atom stereocenters. The fourth-order valence-corrected chi connectivity index (χ4v) is 2.66. The molecule has 0 spiro atoms. The first kappa shape index (κ1) is 19.4. The number of aromatic nitrogens is 2. The van der Waals surface area contributed by atoms with Crippen molar-refractivity contribution in [2.24, 2.45) is 0 Å². The minimum Gasteiger partial charge on any atom is -0.340 e. The minimum absolute atomic E-state index is 0.0987. The van der Waals surface area contributed by atoms with Gasteiger partial charge in [0.15, 0.2) is 0 Å². The first-order valence-electron chi connectivity index (χ1n) is 9.15. The SMILES string of the molecule is CC(=O)Nc1ccc(Nc2nccc(Nc3ccc(C(C)(C)C)cc3)n2)cc1. The van der Waals surface area contributed by atoms with E-state index in [-0.39, 0.29) is 11.3 Å². The normalized spacial score (nSPS) is 11.0. The van der Waals surface area contributed by atoms with Crippen LogP contribution in [0.15, 0.2) is 60.8 Å². The topological polar surface area (TPSA) is 78.9 Å². The van der Waals surface area contributed by atoms with Crippen LogP contribution in [0, 0.1) is 0 Å². The van der Waals surface area contributed by atoms with Gasteiger partial charge >= 0.3 is 0 Å². The summed E-state index contributed by atoms with van der Waals surface area (Å²) in [4.78, 5) is 19.9. The summed E-state index contributed by atoms with van der Waals surface area (Å²) in [6.07, 6.45) is 1.70. The number of hydrogen-bond acceptors (Lipinski definition) is 5. The second-order valence-electron chi connectivity index (χ2n) is 7.60. The third-order valence-electron chi connectivity index (χ3n) is 4.14. The van der Waals surface area contributed by atoms with E-state index >= 15 is 0 Å². The Morgan fingerprint density at radius 3 is 2.00 bits per heavy atom. The molecular formula is C22H25N5O. The summed E-state index contributed by atoms with van der Waals surface area (Å²) in [5, 5.41) is 9.20. The number of rotatable bonds is 5. The van der Waals surface area contributed by atoms with Crippen LogP contribution in [0.25, 0.3) is 0 Å². The van der Waals surface area contributed by atoms with Gasteiger partial charge in [-0.3, -0.25) is 4.79 Å². The standard InChI is InChI=1S/C22H25N5O/c1-15(28)24-17-9-11-19(12-10-17)26-21-23-14-13-20(27-21)25-18-7-5-16(6-8-18)22(2,3)4/h5-14H,1-4H3,(H,24,28)(H2,23,25,26,27). The molecule has 3 aromatic rings. The maximum Gasteiger partial charge on any atom is 0.229 e. The zero-order valence-electron chi connectivity index (χ0n) is 16.6. The van der Waals surface area contributed by atoms with Gasteiger partial charge in [0.2, 0.25) is 11.9 Å². The fourth-order valence-electron chi connectivity index (χ4n) is 2.66. The number of amides is 1. The third-order valence-corrected chi connectivity index (χ3v) is 4.14. The van der Waals surface area contributed by atoms with Crippen LogP contribution in [0.2, 0.25) is 0 Å². The van der Waals surface area contributed by atoms with Gasteiger partial charge < -0.3 is 16.0 Å². The second-order valence-corrected chi connectivity index (χ2v) is 7.60. The van der Waals surface area contributed by atoms with E-state index in [0.717, 1.165) is 17.1 Å². The van der Waals surface area contributed by atoms with Gasteiger partial charge in [0.1, 0.15) is 5.82 Å². The largest absolute Gasteiger partial charge is 0.340 e. The van der Waals surface area contributed by atoms with Crippen molar-refractivity contribution in [2.75, 3.05) is 16.0 Å². The van der Waals surface area contributed by atoms with E-state index in [9.17, 15) is 4.79 Å². The summed E-state index contributed by atoms with van der Waals surface area (Å²) < 4.78 is 0. The van der Waals surface area contributed by atoms with E-state index in [0.29, 0.717) is 11.8 Å². The quantitative estimate of drug-likeness (QED) is 0.570. The molecular weight excluding hydrogens is 350 g/mol. The maximum absolute atomic E-state index is 11.1. The molecule has 1 amide bonds. The molecule has 6 heteroatoms. The molecule has 0 fully saturated rings. The Morgan fingerprint density at radius 2 is 1.39 bits per heavy atom. The molecule has 0 saturated carbocycles. The summed E-state index contributed by atoms with van der Waals surface area (Å²) in [5.74, 6) is 1.10. The molecule has 2 aromatic carbocycles. The Labute approximate surface area is 165 Å². The van der Waals surface area contributed by atoms with Crippen molar-refractivity contribution < 1.29 is 4.79 Å². The van der Waals surface area contributed by atoms with Gasteiger partial charge in [0, 0.05) is 30.2 Å². The van der Waals surface area contributed by atoms with Gasteiger partial charge in [-0.05, 0) is 53.4 Å². The molecule has 0 aliphatic rings. The van der Waals surface area contributed by atoms with Crippen LogP contribution in [-0.2, 0) is 10.2 Å². The average molecular weight is 375 g/mol. The van der Waals surface area contributed by atoms with E-state index in [4.69, 9.17) is 0 Å². The molecule has 0 radical (unpaired) electrons. The van der Waals surface area contributed by atoms with Crippen LogP contribution in [-0.4, -0.2) is 15.9 Å². The number of carbonyl (C=O) groups is 1. The van der Waals surface area contributed by atoms with Gasteiger partial charge in [-0.25, -0.2) is 4.98 Å². The summed E-state index contributed by atoms with van der Waals surface area (Å²) in [6.45, 7) is 8.07. The molecule has 6 nitrogen and oxygen atoms in total. The summed E-state index contributed by atoms with van der Waals surface area (Å²) in [7, 11) is 0. The van der Waals surface area contributed by atoms with Gasteiger partial charge in [0.05, 0.1) is 0 Å². The predicted molar refractivity (Wildman–Crippen MR) is 114 cm³/mol. The van der Waals surface area contributed by atoms with Crippen molar-refractivity contribution >= 4 is 34.7 Å². The van der Waals surface area contributed by atoms with Crippen LogP contribution >= 0.6 is 0 Å². The molecule has 0 aliphatic carbocycles. The summed E-state index contributed by atoms with van der Waals surface area (Å²) in [6, 6.07) is 17.5. The number of benzene rings is 2. The smallest absolute Gasteiger partial charge is 0.229 e. The molecule has 144 valence electrons. The number of nitrogens with one attached hydrogen (secondary N) is 3. The minimum atomic E-state index is -0.0987. The highest BCUT2D eigenvalue weighted by atomic mass is 16.1. The average Bonchev–Trinajstić information content (AvgIpc) is 2.63. The number of hydrogen-bond donors (Lipinski definition) is 3. The highest BCUT2D eigenvalue weighted by molar-refractivity contribution is 5.88. The van der Waals surface area contributed by atoms with E-state index in [1.54, 1.807) is 6.20 Å². The van der Waals surface area contributed by atoms with Gasteiger partial charge in [-0.2, -0.15) is 4.98 Å². The first-order valence-corrected chi connectivity index (χ1v) is 9.15. The lowest BCUT2D eigenvalue weighted by Gasteiger charge is -2.19. The molecule has 0 aliphatic heterocycles. The number of anilines is 5. The molecule has 0 saturated heterocycles. The first-order chi connectivity index (χ1) is 13.3. The second kappa shape index (κ2) is 8.08. The molecule has 3 rings (SSSR count). The Morgan fingerprint density at radius 1 is 0.821 bits per heavy atom. The van der Waals surface area contributed by atoms with Gasteiger partial charge in [0.25, 0.3) is 0 Å². The van der Waals surface area contributed by atoms with Crippen LogP contribution < -0.4 is 16.0 Å². The zero-order valence-corrected chi connectivity index (χ0v) is 16.6. The van der Waals surface area contributed by atoms with Gasteiger partial charge in [-0.15, -0.1) is 0 Å². The lowest BCUT2D eigenvalue weighted by atomic mass is 9.87.